The molecule has 1 aromatic heterocycles. The fourth-order valence-electron chi connectivity index (χ4n) is 2.61. The Bertz CT molecular complexity index is 1230. The zero-order chi connectivity index (χ0) is 21.4. The quantitative estimate of drug-likeness (QED) is 0.504. The highest BCUT2D eigenvalue weighted by Crippen LogP contribution is 2.33. The van der Waals surface area contributed by atoms with Crippen LogP contribution in [0.3, 0.4) is 0 Å². The Kier molecular flexibility index (Phi) is 6.10. The summed E-state index contributed by atoms with van der Waals surface area (Å²) < 4.78 is 57.5. The third kappa shape index (κ3) is 4.66. The van der Waals surface area contributed by atoms with Crippen LogP contribution in [0, 0.1) is 5.92 Å². The molecular formula is C19H17Cl2NO5S2. The molecule has 0 N–H and O–H groups in total. The first-order valence-corrected chi connectivity index (χ1v) is 12.4. The molecule has 0 aliphatic heterocycles. The van der Waals surface area contributed by atoms with Crippen molar-refractivity contribution >= 4 is 42.9 Å². The normalized spacial score (nSPS) is 12.4. The number of halogens is 2. The number of hydrogen-bond donors (Lipinski definition) is 0. The molecule has 0 amide bonds. The highest BCUT2D eigenvalue weighted by Gasteiger charge is 2.35. The molecule has 3 rings (SSSR count). The Labute approximate surface area is 179 Å². The van der Waals surface area contributed by atoms with Crippen LogP contribution in [0.15, 0.2) is 68.0 Å². The Morgan fingerprint density at radius 2 is 1.41 bits per heavy atom. The Morgan fingerprint density at radius 3 is 1.93 bits per heavy atom. The molecule has 154 valence electrons. The number of nitrogens with zero attached hydrogens (tertiary/aromatic N) is 1. The second-order valence-electron chi connectivity index (χ2n) is 6.75. The first kappa shape index (κ1) is 21.8. The number of oxazole rings is 1. The molecule has 6 nitrogen and oxygen atoms in total. The minimum Gasteiger partial charge on any atom is -0.423 e. The lowest BCUT2D eigenvalue weighted by Crippen LogP contribution is -2.15. The molecule has 1 heterocycles. The molecule has 0 aliphatic rings. The van der Waals surface area contributed by atoms with Crippen molar-refractivity contribution in [3.8, 4) is 11.5 Å². The van der Waals surface area contributed by atoms with Gasteiger partial charge in [-0.15, -0.1) is 0 Å². The molecule has 2 aromatic carbocycles. The van der Waals surface area contributed by atoms with E-state index in [0.29, 0.717) is 15.6 Å². The Hall–Kier alpha value is -1.87. The summed E-state index contributed by atoms with van der Waals surface area (Å²) in [5.41, 5.74) is 0.396. The molecule has 0 bridgehead atoms. The van der Waals surface area contributed by atoms with Crippen LogP contribution in [0.4, 0.5) is 0 Å². The van der Waals surface area contributed by atoms with Crippen LogP contribution in [-0.2, 0) is 19.7 Å². The molecule has 10 heteroatoms. The van der Waals surface area contributed by atoms with Gasteiger partial charge in [-0.3, -0.25) is 0 Å². The van der Waals surface area contributed by atoms with Crippen LogP contribution in [0.25, 0.3) is 11.5 Å². The van der Waals surface area contributed by atoms with Gasteiger partial charge in [-0.1, -0.05) is 37.0 Å². The van der Waals surface area contributed by atoms with Gasteiger partial charge in [0, 0.05) is 15.6 Å². The predicted molar refractivity (Wildman–Crippen MR) is 111 cm³/mol. The van der Waals surface area contributed by atoms with Crippen molar-refractivity contribution in [1.29, 1.82) is 0 Å². The lowest BCUT2D eigenvalue weighted by atomic mass is 10.2. The lowest BCUT2D eigenvalue weighted by molar-refractivity contribution is 0.442. The predicted octanol–water partition coefficient (Wildman–Crippen LogP) is 4.91. The molecule has 0 aliphatic carbocycles. The monoisotopic (exact) mass is 473 g/mol. The van der Waals surface area contributed by atoms with E-state index in [1.807, 2.05) is 0 Å². The second kappa shape index (κ2) is 8.10. The average Bonchev–Trinajstić information content (AvgIpc) is 3.09. The van der Waals surface area contributed by atoms with Crippen LogP contribution in [0.5, 0.6) is 0 Å². The molecule has 0 spiro atoms. The van der Waals surface area contributed by atoms with E-state index in [0.717, 1.165) is 0 Å². The van der Waals surface area contributed by atoms with Gasteiger partial charge < -0.3 is 4.42 Å². The van der Waals surface area contributed by atoms with Crippen LogP contribution in [0.1, 0.15) is 13.8 Å². The highest BCUT2D eigenvalue weighted by molar-refractivity contribution is 7.94. The van der Waals surface area contributed by atoms with E-state index < -0.39 is 29.8 Å². The van der Waals surface area contributed by atoms with Crippen molar-refractivity contribution < 1.29 is 21.3 Å². The van der Waals surface area contributed by atoms with E-state index in [2.05, 4.69) is 4.98 Å². The van der Waals surface area contributed by atoms with Crippen LogP contribution >= 0.6 is 23.2 Å². The van der Waals surface area contributed by atoms with Gasteiger partial charge >= 0.3 is 0 Å². The van der Waals surface area contributed by atoms with Gasteiger partial charge in [0.1, 0.15) is 0 Å². The van der Waals surface area contributed by atoms with Gasteiger partial charge in [0.25, 0.3) is 5.09 Å². The van der Waals surface area contributed by atoms with E-state index in [-0.39, 0.29) is 22.5 Å². The van der Waals surface area contributed by atoms with E-state index in [1.54, 1.807) is 38.1 Å². The van der Waals surface area contributed by atoms with Crippen molar-refractivity contribution in [3.05, 3.63) is 58.6 Å². The third-order valence-electron chi connectivity index (χ3n) is 3.87. The van der Waals surface area contributed by atoms with Gasteiger partial charge in [0.2, 0.25) is 30.6 Å². The summed E-state index contributed by atoms with van der Waals surface area (Å²) in [5.74, 6) is -0.655. The number of rotatable bonds is 6. The summed E-state index contributed by atoms with van der Waals surface area (Å²) in [6, 6.07) is 11.6. The van der Waals surface area contributed by atoms with Gasteiger partial charge in [-0.25, -0.2) is 16.8 Å². The fourth-order valence-corrected chi connectivity index (χ4v) is 6.30. The van der Waals surface area contributed by atoms with Gasteiger partial charge in [-0.2, -0.15) is 4.98 Å². The minimum absolute atomic E-state index is 0.128. The zero-order valence-corrected chi connectivity index (χ0v) is 18.6. The Morgan fingerprint density at radius 1 is 0.897 bits per heavy atom. The summed E-state index contributed by atoms with van der Waals surface area (Å²) >= 11 is 11.7. The molecule has 0 unspecified atom stereocenters. The number of hydrogen-bond acceptors (Lipinski definition) is 6. The third-order valence-corrected chi connectivity index (χ3v) is 8.13. The van der Waals surface area contributed by atoms with E-state index in [9.17, 15) is 16.8 Å². The van der Waals surface area contributed by atoms with Crippen molar-refractivity contribution in [2.24, 2.45) is 5.92 Å². The van der Waals surface area contributed by atoms with Crippen molar-refractivity contribution in [2.75, 3.05) is 5.75 Å². The fraction of sp³-hybridized carbons (Fsp3) is 0.211. The largest absolute Gasteiger partial charge is 0.423 e. The maximum absolute atomic E-state index is 13.1. The number of aromatic nitrogens is 1. The number of benzene rings is 2. The number of sulfone groups is 2. The topological polar surface area (TPSA) is 94.3 Å². The van der Waals surface area contributed by atoms with Crippen LogP contribution in [-0.4, -0.2) is 27.6 Å². The standard InChI is InChI=1S/C19H17Cl2NO5S2/c1-12(2)11-28(23,24)19-18(29(25,26)16-9-7-15(21)8-10-16)22-17(27-19)13-3-5-14(20)6-4-13/h3-10,12H,11H2,1-2H3. The molecule has 0 saturated heterocycles. The van der Waals surface area contributed by atoms with E-state index in [1.165, 1.54) is 24.3 Å². The average molecular weight is 474 g/mol. The van der Waals surface area contributed by atoms with Crippen molar-refractivity contribution in [2.45, 2.75) is 28.9 Å². The van der Waals surface area contributed by atoms with Gasteiger partial charge in [-0.05, 0) is 54.4 Å². The lowest BCUT2D eigenvalue weighted by Gasteiger charge is -2.06. The smallest absolute Gasteiger partial charge is 0.258 e. The van der Waals surface area contributed by atoms with E-state index >= 15 is 0 Å². The SMILES string of the molecule is CC(C)CS(=O)(=O)c1oc(-c2ccc(Cl)cc2)nc1S(=O)(=O)c1ccc(Cl)cc1. The first-order valence-electron chi connectivity index (χ1n) is 8.51. The van der Waals surface area contributed by atoms with Crippen molar-refractivity contribution in [3.63, 3.8) is 0 Å². The summed E-state index contributed by atoms with van der Waals surface area (Å²) in [5, 5.41) is -0.517. The Balaban J connectivity index is 2.23. The molecule has 29 heavy (non-hydrogen) atoms. The second-order valence-corrected chi connectivity index (χ2v) is 11.4. The molecule has 0 atom stereocenters. The summed E-state index contributed by atoms with van der Waals surface area (Å²) in [6.07, 6.45) is 0. The van der Waals surface area contributed by atoms with Gasteiger partial charge in [0.15, 0.2) is 0 Å². The molecule has 3 aromatic rings. The molecule has 0 saturated carbocycles. The maximum Gasteiger partial charge on any atom is 0.258 e. The minimum atomic E-state index is -4.27. The molecular weight excluding hydrogens is 457 g/mol. The van der Waals surface area contributed by atoms with Crippen LogP contribution < -0.4 is 0 Å². The molecule has 0 radical (unpaired) electrons. The summed E-state index contributed by atoms with van der Waals surface area (Å²) in [4.78, 5) is 3.90. The summed E-state index contributed by atoms with van der Waals surface area (Å²) in [6.45, 7) is 3.42. The molecule has 0 fully saturated rings. The summed E-state index contributed by atoms with van der Waals surface area (Å²) in [7, 11) is -8.31. The van der Waals surface area contributed by atoms with Crippen LogP contribution in [0.2, 0.25) is 10.0 Å². The maximum atomic E-state index is 13.1. The highest BCUT2D eigenvalue weighted by atomic mass is 35.5. The van der Waals surface area contributed by atoms with Crippen molar-refractivity contribution in [1.82, 2.24) is 4.98 Å². The first-order chi connectivity index (χ1) is 13.5. The van der Waals surface area contributed by atoms with Gasteiger partial charge in [0.05, 0.1) is 10.6 Å². The van der Waals surface area contributed by atoms with E-state index in [4.69, 9.17) is 27.6 Å². The zero-order valence-electron chi connectivity index (χ0n) is 15.5.